The monoisotopic (exact) mass is 333 g/mol. The van der Waals surface area contributed by atoms with E-state index in [1.54, 1.807) is 0 Å². The predicted octanol–water partition coefficient (Wildman–Crippen LogP) is 5.34. The normalized spacial score (nSPS) is 12.9. The maximum absolute atomic E-state index is 6.14. The summed E-state index contributed by atoms with van der Waals surface area (Å²) >= 11 is 0. The van der Waals surface area contributed by atoms with Crippen LogP contribution >= 0.6 is 0 Å². The maximum Gasteiger partial charge on any atom is 0.172 e. The Kier molecular flexibility index (Phi) is 5.57. The Bertz CT molecular complexity index is 699. The topological polar surface area (TPSA) is 21.7 Å². The lowest BCUT2D eigenvalue weighted by atomic mass is 10.2. The molecular formula is C22H23NO2. The number of hydrogen-bond acceptors (Lipinski definition) is 3. The van der Waals surface area contributed by atoms with Crippen LogP contribution in [0.2, 0.25) is 0 Å². The first-order valence-corrected chi connectivity index (χ1v) is 8.51. The van der Waals surface area contributed by atoms with Crippen LogP contribution in [0.25, 0.3) is 0 Å². The van der Waals surface area contributed by atoms with Crippen molar-refractivity contribution in [2.75, 3.05) is 4.90 Å². The van der Waals surface area contributed by atoms with Crippen LogP contribution in [0.15, 0.2) is 91.0 Å². The molecule has 0 spiro atoms. The van der Waals surface area contributed by atoms with Crippen molar-refractivity contribution < 1.29 is 9.47 Å². The van der Waals surface area contributed by atoms with Crippen LogP contribution in [0.5, 0.6) is 11.5 Å². The van der Waals surface area contributed by atoms with Gasteiger partial charge < -0.3 is 14.4 Å². The maximum atomic E-state index is 6.14. The second-order valence-electron chi connectivity index (χ2n) is 5.80. The van der Waals surface area contributed by atoms with Crippen molar-refractivity contribution in [3.63, 3.8) is 0 Å². The zero-order valence-corrected chi connectivity index (χ0v) is 14.6. The van der Waals surface area contributed by atoms with Gasteiger partial charge in [0, 0.05) is 5.69 Å². The van der Waals surface area contributed by atoms with Crippen LogP contribution in [0, 0.1) is 0 Å². The lowest BCUT2D eigenvalue weighted by molar-refractivity contribution is 0.134. The summed E-state index contributed by atoms with van der Waals surface area (Å²) in [6, 6.07) is 29.9. The molecule has 3 nitrogen and oxygen atoms in total. The number of anilines is 1. The molecule has 128 valence electrons. The highest BCUT2D eigenvalue weighted by Gasteiger charge is 2.23. The van der Waals surface area contributed by atoms with E-state index in [9.17, 15) is 0 Å². The summed E-state index contributed by atoms with van der Waals surface area (Å²) in [5, 5.41) is 0. The zero-order valence-electron chi connectivity index (χ0n) is 14.6. The van der Waals surface area contributed by atoms with E-state index in [4.69, 9.17) is 9.47 Å². The quantitative estimate of drug-likeness (QED) is 0.545. The summed E-state index contributed by atoms with van der Waals surface area (Å²) in [5.74, 6) is 1.67. The third kappa shape index (κ3) is 4.54. The SMILES string of the molecule is CC(Oc1ccccc1)N(c1ccccc1)C(C)Oc1ccccc1. The minimum atomic E-state index is -0.191. The fraction of sp³-hybridized carbons (Fsp3) is 0.182. The van der Waals surface area contributed by atoms with Crippen LogP contribution in [0.4, 0.5) is 5.69 Å². The van der Waals surface area contributed by atoms with Gasteiger partial charge in [0.1, 0.15) is 11.5 Å². The van der Waals surface area contributed by atoms with E-state index in [1.807, 2.05) is 92.7 Å². The third-order valence-electron chi connectivity index (χ3n) is 3.94. The van der Waals surface area contributed by atoms with Gasteiger partial charge in [-0.1, -0.05) is 54.6 Å². The number of benzene rings is 3. The molecule has 0 N–H and O–H groups in total. The van der Waals surface area contributed by atoms with Crippen molar-refractivity contribution in [1.29, 1.82) is 0 Å². The number of para-hydroxylation sites is 3. The van der Waals surface area contributed by atoms with E-state index in [2.05, 4.69) is 17.0 Å². The van der Waals surface area contributed by atoms with E-state index >= 15 is 0 Å². The summed E-state index contributed by atoms with van der Waals surface area (Å²) in [7, 11) is 0. The summed E-state index contributed by atoms with van der Waals surface area (Å²) < 4.78 is 12.3. The molecule has 3 rings (SSSR count). The standard InChI is InChI=1S/C22H23NO2/c1-18(24-21-14-8-4-9-15-21)23(20-12-6-3-7-13-20)19(2)25-22-16-10-5-11-17-22/h3-19H,1-2H3. The number of ether oxygens (including phenoxy) is 2. The van der Waals surface area contributed by atoms with Gasteiger partial charge in [0.15, 0.2) is 12.5 Å². The van der Waals surface area contributed by atoms with E-state index in [1.165, 1.54) is 0 Å². The van der Waals surface area contributed by atoms with Crippen LogP contribution in [0.1, 0.15) is 13.8 Å². The lowest BCUT2D eigenvalue weighted by Gasteiger charge is -2.36. The third-order valence-corrected chi connectivity index (χ3v) is 3.94. The smallest absolute Gasteiger partial charge is 0.172 e. The summed E-state index contributed by atoms with van der Waals surface area (Å²) in [4.78, 5) is 2.12. The van der Waals surface area contributed by atoms with Crippen LogP contribution < -0.4 is 14.4 Å². The Balaban J connectivity index is 1.82. The fourth-order valence-electron chi connectivity index (χ4n) is 2.82. The Hall–Kier alpha value is -2.94. The second-order valence-corrected chi connectivity index (χ2v) is 5.80. The molecule has 3 heteroatoms. The van der Waals surface area contributed by atoms with Gasteiger partial charge in [-0.2, -0.15) is 0 Å². The molecule has 3 aromatic carbocycles. The van der Waals surface area contributed by atoms with E-state index in [0.29, 0.717) is 0 Å². The molecule has 0 saturated heterocycles. The number of rotatable bonds is 7. The molecule has 0 aromatic heterocycles. The van der Waals surface area contributed by atoms with E-state index < -0.39 is 0 Å². The Labute approximate surface area is 149 Å². The highest BCUT2D eigenvalue weighted by Crippen LogP contribution is 2.24. The van der Waals surface area contributed by atoms with Crippen molar-refractivity contribution in [3.05, 3.63) is 91.0 Å². The summed E-state index contributed by atoms with van der Waals surface area (Å²) in [6.45, 7) is 4.07. The molecule has 0 saturated carbocycles. The first-order valence-electron chi connectivity index (χ1n) is 8.51. The molecule has 0 heterocycles. The van der Waals surface area contributed by atoms with Gasteiger partial charge >= 0.3 is 0 Å². The molecule has 0 aliphatic rings. The van der Waals surface area contributed by atoms with Crippen LogP contribution in [0.3, 0.4) is 0 Å². The minimum Gasteiger partial charge on any atom is -0.471 e. The van der Waals surface area contributed by atoms with Crippen molar-refractivity contribution in [1.82, 2.24) is 0 Å². The van der Waals surface area contributed by atoms with Gasteiger partial charge in [0.2, 0.25) is 0 Å². The van der Waals surface area contributed by atoms with Gasteiger partial charge in [0.05, 0.1) is 0 Å². The van der Waals surface area contributed by atoms with Gasteiger partial charge in [-0.25, -0.2) is 0 Å². The van der Waals surface area contributed by atoms with Crippen molar-refractivity contribution >= 4 is 5.69 Å². The Morgan fingerprint density at radius 3 is 1.32 bits per heavy atom. The van der Waals surface area contributed by atoms with Crippen molar-refractivity contribution in [2.45, 2.75) is 26.3 Å². The summed E-state index contributed by atoms with van der Waals surface area (Å²) in [6.07, 6.45) is -0.382. The number of hydrogen-bond donors (Lipinski definition) is 0. The molecule has 0 fully saturated rings. The highest BCUT2D eigenvalue weighted by atomic mass is 16.5. The molecule has 25 heavy (non-hydrogen) atoms. The summed E-state index contributed by atoms with van der Waals surface area (Å²) in [5.41, 5.74) is 1.05. The second kappa shape index (κ2) is 8.25. The molecule has 3 aromatic rings. The Morgan fingerprint density at radius 2 is 0.920 bits per heavy atom. The van der Waals surface area contributed by atoms with Gasteiger partial charge in [-0.3, -0.25) is 0 Å². The molecule has 2 unspecified atom stereocenters. The highest BCUT2D eigenvalue weighted by molar-refractivity contribution is 5.47. The predicted molar refractivity (Wildman–Crippen MR) is 102 cm³/mol. The van der Waals surface area contributed by atoms with Crippen molar-refractivity contribution in [2.24, 2.45) is 0 Å². The Morgan fingerprint density at radius 1 is 0.560 bits per heavy atom. The van der Waals surface area contributed by atoms with Gasteiger partial charge in [0.25, 0.3) is 0 Å². The lowest BCUT2D eigenvalue weighted by Crippen LogP contribution is -2.46. The molecule has 2 atom stereocenters. The average Bonchev–Trinajstić information content (AvgIpc) is 2.64. The molecule has 0 radical (unpaired) electrons. The van der Waals surface area contributed by atoms with Gasteiger partial charge in [-0.05, 0) is 50.2 Å². The molecule has 0 aliphatic carbocycles. The van der Waals surface area contributed by atoms with Crippen molar-refractivity contribution in [3.8, 4) is 11.5 Å². The first kappa shape index (κ1) is 16.9. The number of nitrogens with zero attached hydrogens (tertiary/aromatic N) is 1. The average molecular weight is 333 g/mol. The van der Waals surface area contributed by atoms with Crippen LogP contribution in [-0.4, -0.2) is 12.5 Å². The minimum absolute atomic E-state index is 0.191. The zero-order chi connectivity index (χ0) is 17.5. The first-order chi connectivity index (χ1) is 12.2. The largest absolute Gasteiger partial charge is 0.471 e. The van der Waals surface area contributed by atoms with Crippen LogP contribution in [-0.2, 0) is 0 Å². The molecule has 0 bridgehead atoms. The van der Waals surface area contributed by atoms with Gasteiger partial charge in [-0.15, -0.1) is 0 Å². The van der Waals surface area contributed by atoms with E-state index in [-0.39, 0.29) is 12.5 Å². The fourth-order valence-corrected chi connectivity index (χ4v) is 2.82. The molecular weight excluding hydrogens is 310 g/mol. The molecule has 0 aliphatic heterocycles. The molecule has 0 amide bonds. The van der Waals surface area contributed by atoms with E-state index in [0.717, 1.165) is 17.2 Å².